The van der Waals surface area contributed by atoms with Gasteiger partial charge in [-0.2, -0.15) is 0 Å². The summed E-state index contributed by atoms with van der Waals surface area (Å²) in [4.78, 5) is 12.4. The minimum atomic E-state index is -0.399. The molecule has 2 heterocycles. The van der Waals surface area contributed by atoms with Crippen molar-refractivity contribution in [3.8, 4) is 22.1 Å². The third kappa shape index (κ3) is 4.44. The first-order valence-corrected chi connectivity index (χ1v) is 9.59. The zero-order valence-electron chi connectivity index (χ0n) is 15.5. The third-order valence-corrected chi connectivity index (χ3v) is 4.88. The molecule has 0 aliphatic rings. The molecular formula is C21H17N3O4S. The van der Waals surface area contributed by atoms with Crippen LogP contribution in [0.4, 0.5) is 5.13 Å². The molecule has 4 aromatic rings. The molecule has 2 aromatic carbocycles. The number of amides is 1. The molecule has 0 fully saturated rings. The highest BCUT2D eigenvalue weighted by Crippen LogP contribution is 2.28. The molecule has 0 atom stereocenters. The van der Waals surface area contributed by atoms with E-state index >= 15 is 0 Å². The Morgan fingerprint density at radius 1 is 1.00 bits per heavy atom. The smallest absolute Gasteiger partial charge is 0.293 e. The van der Waals surface area contributed by atoms with Crippen LogP contribution in [-0.2, 0) is 6.61 Å². The Morgan fingerprint density at radius 3 is 2.55 bits per heavy atom. The maximum absolute atomic E-state index is 12.4. The highest BCUT2D eigenvalue weighted by Gasteiger charge is 2.15. The van der Waals surface area contributed by atoms with Crippen molar-refractivity contribution < 1.29 is 18.7 Å². The number of carbonyl (C=O) groups excluding carboxylic acids is 1. The maximum atomic E-state index is 12.4. The van der Waals surface area contributed by atoms with Gasteiger partial charge in [-0.25, -0.2) is 0 Å². The fourth-order valence-electron chi connectivity index (χ4n) is 2.59. The maximum Gasteiger partial charge on any atom is 0.293 e. The summed E-state index contributed by atoms with van der Waals surface area (Å²) >= 11 is 1.29. The van der Waals surface area contributed by atoms with Gasteiger partial charge in [0.1, 0.15) is 17.4 Å². The Balaban J connectivity index is 1.38. The van der Waals surface area contributed by atoms with Crippen molar-refractivity contribution in [1.82, 2.24) is 10.2 Å². The van der Waals surface area contributed by atoms with Crippen LogP contribution in [0.15, 0.2) is 71.1 Å². The van der Waals surface area contributed by atoms with Crippen molar-refractivity contribution in [2.75, 3.05) is 12.4 Å². The molecule has 146 valence electrons. The zero-order valence-corrected chi connectivity index (χ0v) is 16.3. The molecule has 0 bridgehead atoms. The van der Waals surface area contributed by atoms with Gasteiger partial charge in [0.15, 0.2) is 17.3 Å². The van der Waals surface area contributed by atoms with Crippen LogP contribution in [0, 0.1) is 0 Å². The first-order valence-electron chi connectivity index (χ1n) is 8.78. The van der Waals surface area contributed by atoms with Gasteiger partial charge < -0.3 is 13.9 Å². The van der Waals surface area contributed by atoms with Gasteiger partial charge in [0.05, 0.1) is 7.11 Å². The Hall–Kier alpha value is -3.65. The van der Waals surface area contributed by atoms with Crippen molar-refractivity contribution >= 4 is 22.4 Å². The molecule has 0 saturated carbocycles. The summed E-state index contributed by atoms with van der Waals surface area (Å²) in [6.07, 6.45) is 0. The van der Waals surface area contributed by atoms with Gasteiger partial charge in [0.25, 0.3) is 5.91 Å². The Kier molecular flexibility index (Phi) is 5.53. The van der Waals surface area contributed by atoms with Crippen molar-refractivity contribution in [2.24, 2.45) is 0 Å². The highest BCUT2D eigenvalue weighted by molar-refractivity contribution is 7.18. The summed E-state index contributed by atoms with van der Waals surface area (Å²) in [5.74, 6) is 1.51. The van der Waals surface area contributed by atoms with Gasteiger partial charge >= 0.3 is 0 Å². The van der Waals surface area contributed by atoms with Gasteiger partial charge in [-0.1, -0.05) is 53.8 Å². The topological polar surface area (TPSA) is 86.5 Å². The molecule has 29 heavy (non-hydrogen) atoms. The van der Waals surface area contributed by atoms with Gasteiger partial charge in [-0.3, -0.25) is 10.1 Å². The second-order valence-corrected chi connectivity index (χ2v) is 6.92. The van der Waals surface area contributed by atoms with Gasteiger partial charge in [-0.05, 0) is 24.3 Å². The second-order valence-electron chi connectivity index (χ2n) is 5.94. The Labute approximate surface area is 170 Å². The molecule has 4 rings (SSSR count). The second kappa shape index (κ2) is 8.57. The first-order chi connectivity index (χ1) is 14.2. The van der Waals surface area contributed by atoms with Crippen LogP contribution in [0.5, 0.6) is 11.5 Å². The number of para-hydroxylation sites is 2. The number of nitrogens with zero attached hydrogens (tertiary/aromatic N) is 2. The fraction of sp³-hybridized carbons (Fsp3) is 0.0952. The van der Waals surface area contributed by atoms with E-state index in [0.29, 0.717) is 22.4 Å². The molecule has 0 unspecified atom stereocenters. The van der Waals surface area contributed by atoms with E-state index < -0.39 is 5.91 Å². The van der Waals surface area contributed by atoms with Crippen LogP contribution in [0.3, 0.4) is 0 Å². The fourth-order valence-corrected chi connectivity index (χ4v) is 3.34. The molecule has 8 heteroatoms. The standard InChI is InChI=1S/C21H17N3O4S/c1-26-16-9-5-6-10-17(16)27-13-15-11-12-18(28-15)19(25)22-21-24-23-20(29-21)14-7-3-2-4-8-14/h2-12H,13H2,1H3,(H,22,24,25). The van der Waals surface area contributed by atoms with Crippen LogP contribution >= 0.6 is 11.3 Å². The quantitative estimate of drug-likeness (QED) is 0.480. The Bertz CT molecular complexity index is 1110. The average Bonchev–Trinajstić information content (AvgIpc) is 3.43. The summed E-state index contributed by atoms with van der Waals surface area (Å²) < 4.78 is 16.5. The van der Waals surface area contributed by atoms with E-state index in [0.717, 1.165) is 10.6 Å². The molecule has 0 radical (unpaired) electrons. The number of methoxy groups -OCH3 is 1. The number of hydrogen-bond donors (Lipinski definition) is 1. The number of benzene rings is 2. The number of ether oxygens (including phenoxy) is 2. The predicted molar refractivity (Wildman–Crippen MR) is 109 cm³/mol. The molecule has 2 aromatic heterocycles. The number of furan rings is 1. The molecule has 0 spiro atoms. The number of hydrogen-bond acceptors (Lipinski definition) is 7. The normalized spacial score (nSPS) is 10.5. The summed E-state index contributed by atoms with van der Waals surface area (Å²) in [7, 11) is 1.58. The number of aromatic nitrogens is 2. The van der Waals surface area contributed by atoms with E-state index in [1.807, 2.05) is 48.5 Å². The van der Waals surface area contributed by atoms with E-state index in [1.54, 1.807) is 25.3 Å². The van der Waals surface area contributed by atoms with E-state index in [9.17, 15) is 4.79 Å². The molecular weight excluding hydrogens is 390 g/mol. The van der Waals surface area contributed by atoms with E-state index in [4.69, 9.17) is 13.9 Å². The van der Waals surface area contributed by atoms with Crippen LogP contribution < -0.4 is 14.8 Å². The zero-order chi connectivity index (χ0) is 20.1. The summed E-state index contributed by atoms with van der Waals surface area (Å²) in [6.45, 7) is 0.171. The van der Waals surface area contributed by atoms with Crippen LogP contribution in [0.2, 0.25) is 0 Å². The molecule has 1 amide bonds. The van der Waals surface area contributed by atoms with Gasteiger partial charge in [0, 0.05) is 5.56 Å². The molecule has 0 aliphatic carbocycles. The van der Waals surface area contributed by atoms with E-state index in [2.05, 4.69) is 15.5 Å². The molecule has 0 aliphatic heterocycles. The van der Waals surface area contributed by atoms with Gasteiger partial charge in [0.2, 0.25) is 5.13 Å². The monoisotopic (exact) mass is 407 g/mol. The van der Waals surface area contributed by atoms with Crippen molar-refractivity contribution in [3.05, 3.63) is 78.3 Å². The summed E-state index contributed by atoms with van der Waals surface area (Å²) in [5.41, 5.74) is 0.944. The van der Waals surface area contributed by atoms with Crippen molar-refractivity contribution in [2.45, 2.75) is 6.61 Å². The summed E-state index contributed by atoms with van der Waals surface area (Å²) in [5, 5.41) is 12.0. The lowest BCUT2D eigenvalue weighted by Crippen LogP contribution is -2.10. The number of rotatable bonds is 7. The molecule has 0 saturated heterocycles. The minimum absolute atomic E-state index is 0.167. The molecule has 1 N–H and O–H groups in total. The van der Waals surface area contributed by atoms with Crippen LogP contribution in [0.1, 0.15) is 16.3 Å². The van der Waals surface area contributed by atoms with Crippen LogP contribution in [0.25, 0.3) is 10.6 Å². The number of carbonyl (C=O) groups is 1. The largest absolute Gasteiger partial charge is 0.493 e. The van der Waals surface area contributed by atoms with E-state index in [-0.39, 0.29) is 12.4 Å². The molecule has 7 nitrogen and oxygen atoms in total. The van der Waals surface area contributed by atoms with Crippen molar-refractivity contribution in [1.29, 1.82) is 0 Å². The SMILES string of the molecule is COc1ccccc1OCc1ccc(C(=O)Nc2nnc(-c3ccccc3)s2)o1. The van der Waals surface area contributed by atoms with Crippen LogP contribution in [-0.4, -0.2) is 23.2 Å². The minimum Gasteiger partial charge on any atom is -0.493 e. The predicted octanol–water partition coefficient (Wildman–Crippen LogP) is 4.64. The highest BCUT2D eigenvalue weighted by atomic mass is 32.1. The average molecular weight is 407 g/mol. The number of nitrogens with one attached hydrogen (secondary N) is 1. The Morgan fingerprint density at radius 2 is 1.76 bits per heavy atom. The van der Waals surface area contributed by atoms with Gasteiger partial charge in [-0.15, -0.1) is 10.2 Å². The lowest BCUT2D eigenvalue weighted by atomic mass is 10.2. The third-order valence-electron chi connectivity index (χ3n) is 3.99. The van der Waals surface area contributed by atoms with E-state index in [1.165, 1.54) is 11.3 Å². The lowest BCUT2D eigenvalue weighted by Gasteiger charge is -2.08. The van der Waals surface area contributed by atoms with Crippen molar-refractivity contribution in [3.63, 3.8) is 0 Å². The number of anilines is 1. The summed E-state index contributed by atoms with van der Waals surface area (Å²) in [6, 6.07) is 20.3. The lowest BCUT2D eigenvalue weighted by molar-refractivity contribution is 0.0992. The first kappa shape index (κ1) is 18.7.